The van der Waals surface area contributed by atoms with Crippen LogP contribution in [0.4, 0.5) is 0 Å². The summed E-state index contributed by atoms with van der Waals surface area (Å²) in [7, 11) is 0. The van der Waals surface area contributed by atoms with Crippen molar-refractivity contribution < 1.29 is 4.74 Å². The quantitative estimate of drug-likeness (QED) is 0.745. The molecule has 102 valence electrons. The number of aryl methyl sites for hydroxylation is 1. The zero-order chi connectivity index (χ0) is 13.7. The fourth-order valence-electron chi connectivity index (χ4n) is 1.83. The van der Waals surface area contributed by atoms with Crippen molar-refractivity contribution in [1.29, 1.82) is 0 Å². The number of ether oxygens (including phenoxy) is 1. The second kappa shape index (κ2) is 6.62. The van der Waals surface area contributed by atoms with Crippen LogP contribution < -0.4 is 4.74 Å². The number of unbranched alkanes of at least 4 members (excludes halogenated alkanes) is 1. The fraction of sp³-hybridized carbons (Fsp3) is 0.400. The van der Waals surface area contributed by atoms with Crippen molar-refractivity contribution >= 4 is 11.6 Å². The Bertz CT molecular complexity index is 537. The Hall–Kier alpha value is -1.48. The lowest BCUT2D eigenvalue weighted by Gasteiger charge is -2.10. The van der Waals surface area contributed by atoms with E-state index in [-0.39, 0.29) is 0 Å². The summed E-state index contributed by atoms with van der Waals surface area (Å²) in [4.78, 5) is 4.21. The minimum absolute atomic E-state index is 0.736. The Morgan fingerprint density at radius 1 is 1.37 bits per heavy atom. The summed E-state index contributed by atoms with van der Waals surface area (Å²) < 4.78 is 7.71. The SMILES string of the molecule is CCCCOc1ccc(Cn2ccnc2C)c(Cl)c1. The number of nitrogens with zero attached hydrogens (tertiary/aromatic N) is 2. The Labute approximate surface area is 119 Å². The van der Waals surface area contributed by atoms with Crippen molar-refractivity contribution in [2.75, 3.05) is 6.61 Å². The molecule has 19 heavy (non-hydrogen) atoms. The van der Waals surface area contributed by atoms with Gasteiger partial charge in [-0.05, 0) is 31.0 Å². The Morgan fingerprint density at radius 2 is 2.21 bits per heavy atom. The summed E-state index contributed by atoms with van der Waals surface area (Å²) >= 11 is 6.30. The van der Waals surface area contributed by atoms with Gasteiger partial charge < -0.3 is 9.30 Å². The summed E-state index contributed by atoms with van der Waals surface area (Å²) in [6.07, 6.45) is 5.95. The first-order chi connectivity index (χ1) is 9.20. The number of halogens is 1. The van der Waals surface area contributed by atoms with Crippen LogP contribution in [0, 0.1) is 6.92 Å². The van der Waals surface area contributed by atoms with Crippen molar-refractivity contribution in [3.05, 3.63) is 47.0 Å². The summed E-state index contributed by atoms with van der Waals surface area (Å²) in [6.45, 7) is 5.61. The van der Waals surface area contributed by atoms with E-state index in [4.69, 9.17) is 16.3 Å². The summed E-state index contributed by atoms with van der Waals surface area (Å²) in [5.41, 5.74) is 1.07. The fourth-order valence-corrected chi connectivity index (χ4v) is 2.07. The number of aromatic nitrogens is 2. The number of benzene rings is 1. The third-order valence-corrected chi connectivity index (χ3v) is 3.41. The van der Waals surface area contributed by atoms with Gasteiger partial charge in [0.25, 0.3) is 0 Å². The van der Waals surface area contributed by atoms with Gasteiger partial charge >= 0.3 is 0 Å². The molecule has 0 aliphatic carbocycles. The van der Waals surface area contributed by atoms with Gasteiger partial charge in [0.15, 0.2) is 0 Å². The van der Waals surface area contributed by atoms with E-state index < -0.39 is 0 Å². The zero-order valence-corrected chi connectivity index (χ0v) is 12.2. The van der Waals surface area contributed by atoms with E-state index in [0.29, 0.717) is 0 Å². The molecule has 0 amide bonds. The van der Waals surface area contributed by atoms with Gasteiger partial charge in [-0.1, -0.05) is 31.0 Å². The first-order valence-electron chi connectivity index (χ1n) is 6.59. The lowest BCUT2D eigenvalue weighted by atomic mass is 10.2. The van der Waals surface area contributed by atoms with Crippen molar-refractivity contribution in [1.82, 2.24) is 9.55 Å². The lowest BCUT2D eigenvalue weighted by molar-refractivity contribution is 0.309. The van der Waals surface area contributed by atoms with Crippen LogP contribution in [0.3, 0.4) is 0 Å². The summed E-state index contributed by atoms with van der Waals surface area (Å²) in [5.74, 6) is 1.82. The molecule has 3 nitrogen and oxygen atoms in total. The van der Waals surface area contributed by atoms with Gasteiger partial charge in [-0.15, -0.1) is 0 Å². The van der Waals surface area contributed by atoms with Gasteiger partial charge in [0.2, 0.25) is 0 Å². The highest BCUT2D eigenvalue weighted by molar-refractivity contribution is 6.31. The van der Waals surface area contributed by atoms with Gasteiger partial charge in [0.1, 0.15) is 11.6 Å². The molecule has 1 heterocycles. The molecule has 1 aromatic heterocycles. The maximum absolute atomic E-state index is 6.30. The monoisotopic (exact) mass is 278 g/mol. The standard InChI is InChI=1S/C15H19ClN2O/c1-3-4-9-19-14-6-5-13(15(16)10-14)11-18-8-7-17-12(18)2/h5-8,10H,3-4,9,11H2,1-2H3. The van der Waals surface area contributed by atoms with Crippen molar-refractivity contribution in [3.8, 4) is 5.75 Å². The molecule has 2 rings (SSSR count). The summed E-state index contributed by atoms with van der Waals surface area (Å²) in [5, 5.41) is 0.738. The number of imidazole rings is 1. The van der Waals surface area contributed by atoms with Gasteiger partial charge in [0, 0.05) is 17.4 Å². The second-order valence-electron chi connectivity index (χ2n) is 4.56. The highest BCUT2D eigenvalue weighted by Crippen LogP contribution is 2.23. The van der Waals surface area contributed by atoms with Crippen LogP contribution in [0.15, 0.2) is 30.6 Å². The maximum Gasteiger partial charge on any atom is 0.120 e. The predicted molar refractivity (Wildman–Crippen MR) is 77.9 cm³/mol. The van der Waals surface area contributed by atoms with E-state index in [2.05, 4.69) is 16.5 Å². The van der Waals surface area contributed by atoms with E-state index in [9.17, 15) is 0 Å². The lowest BCUT2D eigenvalue weighted by Crippen LogP contribution is -2.02. The van der Waals surface area contributed by atoms with Crippen LogP contribution in [-0.4, -0.2) is 16.2 Å². The van der Waals surface area contributed by atoms with E-state index >= 15 is 0 Å². The molecule has 0 bridgehead atoms. The minimum atomic E-state index is 0.736. The van der Waals surface area contributed by atoms with Crippen LogP contribution in [0.25, 0.3) is 0 Å². The molecule has 0 radical (unpaired) electrons. The molecule has 0 aliphatic rings. The first kappa shape index (κ1) is 13.9. The van der Waals surface area contributed by atoms with Crippen molar-refractivity contribution in [2.24, 2.45) is 0 Å². The molecule has 1 aromatic carbocycles. The molecule has 0 spiro atoms. The molecule has 0 unspecified atom stereocenters. The third-order valence-electron chi connectivity index (χ3n) is 3.06. The molecular weight excluding hydrogens is 260 g/mol. The maximum atomic E-state index is 6.30. The largest absolute Gasteiger partial charge is 0.494 e. The van der Waals surface area contributed by atoms with Crippen molar-refractivity contribution in [3.63, 3.8) is 0 Å². The Morgan fingerprint density at radius 3 is 2.84 bits per heavy atom. The topological polar surface area (TPSA) is 27.1 Å². The van der Waals surface area contributed by atoms with Gasteiger partial charge in [-0.3, -0.25) is 0 Å². The Kier molecular flexibility index (Phi) is 4.86. The van der Waals surface area contributed by atoms with Crippen LogP contribution in [0.2, 0.25) is 5.02 Å². The van der Waals surface area contributed by atoms with Crippen LogP contribution in [0.5, 0.6) is 5.75 Å². The van der Waals surface area contributed by atoms with E-state index in [1.54, 1.807) is 6.20 Å². The van der Waals surface area contributed by atoms with Crippen LogP contribution in [0.1, 0.15) is 31.2 Å². The van der Waals surface area contributed by atoms with E-state index in [1.807, 2.05) is 31.3 Å². The highest BCUT2D eigenvalue weighted by Gasteiger charge is 2.05. The molecule has 0 aliphatic heterocycles. The smallest absolute Gasteiger partial charge is 0.120 e. The molecule has 4 heteroatoms. The Balaban J connectivity index is 2.05. The average molecular weight is 279 g/mol. The molecule has 0 saturated carbocycles. The van der Waals surface area contributed by atoms with Crippen LogP contribution >= 0.6 is 11.6 Å². The first-order valence-corrected chi connectivity index (χ1v) is 6.97. The average Bonchev–Trinajstić information content (AvgIpc) is 2.79. The summed E-state index contributed by atoms with van der Waals surface area (Å²) in [6, 6.07) is 5.88. The molecule has 0 atom stereocenters. The van der Waals surface area contributed by atoms with Gasteiger partial charge in [0.05, 0.1) is 13.2 Å². The minimum Gasteiger partial charge on any atom is -0.494 e. The number of rotatable bonds is 6. The zero-order valence-electron chi connectivity index (χ0n) is 11.4. The number of hydrogen-bond donors (Lipinski definition) is 0. The molecule has 0 N–H and O–H groups in total. The predicted octanol–water partition coefficient (Wildman–Crippen LogP) is 4.07. The molecule has 0 saturated heterocycles. The van der Waals surface area contributed by atoms with Gasteiger partial charge in [-0.25, -0.2) is 4.98 Å². The number of hydrogen-bond acceptors (Lipinski definition) is 2. The molecule has 2 aromatic rings. The highest BCUT2D eigenvalue weighted by atomic mass is 35.5. The van der Waals surface area contributed by atoms with Gasteiger partial charge in [-0.2, -0.15) is 0 Å². The third kappa shape index (κ3) is 3.74. The normalized spacial score (nSPS) is 10.7. The second-order valence-corrected chi connectivity index (χ2v) is 4.96. The van der Waals surface area contributed by atoms with Crippen molar-refractivity contribution in [2.45, 2.75) is 33.2 Å². The molecular formula is C15H19ClN2O. The van der Waals surface area contributed by atoms with E-state index in [0.717, 1.165) is 48.2 Å². The van der Waals surface area contributed by atoms with Crippen LogP contribution in [-0.2, 0) is 6.54 Å². The molecule has 0 fully saturated rings. The van der Waals surface area contributed by atoms with E-state index in [1.165, 1.54) is 0 Å².